The normalized spacial score (nSPS) is 16.9. The van der Waals surface area contributed by atoms with Gasteiger partial charge in [-0.15, -0.1) is 11.8 Å². The smallest absolute Gasteiger partial charge is 0.243 e. The summed E-state index contributed by atoms with van der Waals surface area (Å²) in [6, 6.07) is 13.3. The summed E-state index contributed by atoms with van der Waals surface area (Å²) in [5, 5.41) is 2.87. The molecule has 0 atom stereocenters. The number of carbonyl (C=O) groups is 1. The largest absolute Gasteiger partial charge is 0.379 e. The first-order chi connectivity index (χ1) is 14.5. The van der Waals surface area contributed by atoms with Crippen molar-refractivity contribution >= 4 is 27.7 Å². The molecule has 2 aromatic rings. The highest BCUT2D eigenvalue weighted by Crippen LogP contribution is 2.27. The van der Waals surface area contributed by atoms with Crippen molar-refractivity contribution in [3.8, 4) is 0 Å². The minimum absolute atomic E-state index is 0.112. The third-order valence-corrected chi connectivity index (χ3v) is 8.47. The number of hydrogen-bond donors (Lipinski definition) is 1. The molecule has 1 amide bonds. The van der Waals surface area contributed by atoms with Gasteiger partial charge in [-0.2, -0.15) is 4.31 Å². The lowest BCUT2D eigenvalue weighted by molar-refractivity contribution is -0.118. The van der Waals surface area contributed by atoms with Gasteiger partial charge in [0.25, 0.3) is 0 Å². The van der Waals surface area contributed by atoms with E-state index in [1.807, 2.05) is 0 Å². The van der Waals surface area contributed by atoms with Gasteiger partial charge in [-0.05, 0) is 54.2 Å². The Morgan fingerprint density at radius 1 is 1.07 bits per heavy atom. The predicted octanol–water partition coefficient (Wildman–Crippen LogP) is 2.60. The molecule has 1 saturated heterocycles. The van der Waals surface area contributed by atoms with E-state index in [-0.39, 0.29) is 17.3 Å². The number of carbonyl (C=O) groups excluding carboxylic acids is 1. The van der Waals surface area contributed by atoms with Crippen LogP contribution in [-0.2, 0) is 38.9 Å². The fourth-order valence-corrected chi connectivity index (χ4v) is 6.28. The molecule has 1 heterocycles. The summed E-state index contributed by atoms with van der Waals surface area (Å²) in [5.74, 6) is 0.191. The highest BCUT2D eigenvalue weighted by atomic mass is 32.2. The standard InChI is InChI=1S/C22H26N2O4S2/c25-22(16-29-20-9-8-17-5-3-6-18(17)14-20)23-15-19-4-1-2-7-21(19)30(26,27)24-10-12-28-13-11-24/h1-2,4,7-9,14H,3,5-6,10-13,15-16H2,(H,23,25). The van der Waals surface area contributed by atoms with Crippen LogP contribution in [0.2, 0.25) is 0 Å². The van der Waals surface area contributed by atoms with Gasteiger partial charge < -0.3 is 10.1 Å². The quantitative estimate of drug-likeness (QED) is 0.662. The van der Waals surface area contributed by atoms with Gasteiger partial charge in [0, 0.05) is 24.5 Å². The van der Waals surface area contributed by atoms with Crippen molar-refractivity contribution < 1.29 is 17.9 Å². The molecule has 0 spiro atoms. The number of nitrogens with zero attached hydrogens (tertiary/aromatic N) is 1. The van der Waals surface area contributed by atoms with Crippen LogP contribution >= 0.6 is 11.8 Å². The van der Waals surface area contributed by atoms with Crippen LogP contribution in [0.4, 0.5) is 0 Å². The number of benzene rings is 2. The highest BCUT2D eigenvalue weighted by molar-refractivity contribution is 8.00. The van der Waals surface area contributed by atoms with Crippen LogP contribution in [-0.4, -0.2) is 50.7 Å². The minimum atomic E-state index is -3.60. The molecular weight excluding hydrogens is 420 g/mol. The molecule has 2 aromatic carbocycles. The van der Waals surface area contributed by atoms with E-state index < -0.39 is 10.0 Å². The number of fused-ring (bicyclic) bond motifs is 1. The van der Waals surface area contributed by atoms with Crippen LogP contribution < -0.4 is 5.32 Å². The lowest BCUT2D eigenvalue weighted by Crippen LogP contribution is -2.41. The molecular formula is C22H26N2O4S2. The van der Waals surface area contributed by atoms with E-state index in [4.69, 9.17) is 4.74 Å². The van der Waals surface area contributed by atoms with E-state index in [9.17, 15) is 13.2 Å². The average molecular weight is 447 g/mol. The van der Waals surface area contributed by atoms with Crippen molar-refractivity contribution in [3.63, 3.8) is 0 Å². The van der Waals surface area contributed by atoms with Gasteiger partial charge in [-0.3, -0.25) is 4.79 Å². The third-order valence-electron chi connectivity index (χ3n) is 5.48. The Morgan fingerprint density at radius 3 is 2.67 bits per heavy atom. The van der Waals surface area contributed by atoms with E-state index in [2.05, 4.69) is 23.5 Å². The number of hydrogen-bond acceptors (Lipinski definition) is 5. The van der Waals surface area contributed by atoms with Gasteiger partial charge in [-0.1, -0.05) is 24.3 Å². The van der Waals surface area contributed by atoms with Crippen LogP contribution in [0.15, 0.2) is 52.3 Å². The summed E-state index contributed by atoms with van der Waals surface area (Å²) < 4.78 is 32.7. The molecule has 30 heavy (non-hydrogen) atoms. The molecule has 1 N–H and O–H groups in total. The molecule has 0 radical (unpaired) electrons. The fourth-order valence-electron chi connectivity index (χ4n) is 3.86. The van der Waals surface area contributed by atoms with Gasteiger partial charge >= 0.3 is 0 Å². The molecule has 1 aliphatic heterocycles. The van der Waals surface area contributed by atoms with Gasteiger partial charge in [-0.25, -0.2) is 8.42 Å². The number of rotatable bonds is 7. The third kappa shape index (κ3) is 4.88. The summed E-state index contributed by atoms with van der Waals surface area (Å²) in [5.41, 5.74) is 3.41. The molecule has 0 unspecified atom stereocenters. The topological polar surface area (TPSA) is 75.7 Å². The number of sulfonamides is 1. The molecule has 0 saturated carbocycles. The molecule has 0 bridgehead atoms. The van der Waals surface area contributed by atoms with Crippen LogP contribution in [0.5, 0.6) is 0 Å². The van der Waals surface area contributed by atoms with Crippen LogP contribution in [0.25, 0.3) is 0 Å². The van der Waals surface area contributed by atoms with Crippen LogP contribution in [0, 0.1) is 0 Å². The molecule has 0 aromatic heterocycles. The van der Waals surface area contributed by atoms with Gasteiger partial charge in [0.05, 0.1) is 23.9 Å². The van der Waals surface area contributed by atoms with Gasteiger partial charge in [0.2, 0.25) is 15.9 Å². The summed E-state index contributed by atoms with van der Waals surface area (Å²) in [7, 11) is -3.60. The van der Waals surface area contributed by atoms with E-state index >= 15 is 0 Å². The van der Waals surface area contributed by atoms with Crippen molar-refractivity contribution in [2.24, 2.45) is 0 Å². The monoisotopic (exact) mass is 446 g/mol. The van der Waals surface area contributed by atoms with Gasteiger partial charge in [0.1, 0.15) is 0 Å². The van der Waals surface area contributed by atoms with Crippen molar-refractivity contribution in [1.82, 2.24) is 9.62 Å². The number of aryl methyl sites for hydroxylation is 2. The van der Waals surface area contributed by atoms with Crippen molar-refractivity contribution in [3.05, 3.63) is 59.2 Å². The molecule has 8 heteroatoms. The molecule has 6 nitrogen and oxygen atoms in total. The molecule has 1 aliphatic carbocycles. The number of amides is 1. The van der Waals surface area contributed by atoms with Crippen molar-refractivity contribution in [1.29, 1.82) is 0 Å². The Labute approximate surface area is 182 Å². The summed E-state index contributed by atoms with van der Waals surface area (Å²) in [6.45, 7) is 1.68. The van der Waals surface area contributed by atoms with Crippen molar-refractivity contribution in [2.75, 3.05) is 32.1 Å². The Kier molecular flexibility index (Phi) is 6.77. The van der Waals surface area contributed by atoms with E-state index in [1.54, 1.807) is 24.3 Å². The molecule has 4 rings (SSSR count). The number of ether oxygens (including phenoxy) is 1. The first-order valence-electron chi connectivity index (χ1n) is 10.2. The molecule has 160 valence electrons. The van der Waals surface area contributed by atoms with E-state index in [0.717, 1.165) is 17.7 Å². The van der Waals surface area contributed by atoms with Crippen LogP contribution in [0.3, 0.4) is 0 Å². The van der Waals surface area contributed by atoms with Gasteiger partial charge in [0.15, 0.2) is 0 Å². The Bertz CT molecular complexity index is 1020. The summed E-state index contributed by atoms with van der Waals surface area (Å²) in [6.07, 6.45) is 3.47. The second-order valence-corrected chi connectivity index (χ2v) is 10.4. The zero-order valence-corrected chi connectivity index (χ0v) is 18.4. The Morgan fingerprint density at radius 2 is 1.83 bits per heavy atom. The summed E-state index contributed by atoms with van der Waals surface area (Å²) >= 11 is 1.51. The van der Waals surface area contributed by atoms with Crippen LogP contribution in [0.1, 0.15) is 23.1 Å². The Balaban J connectivity index is 1.36. The maximum atomic E-state index is 13.0. The summed E-state index contributed by atoms with van der Waals surface area (Å²) in [4.78, 5) is 13.7. The SMILES string of the molecule is O=C(CSc1ccc2c(c1)CCC2)NCc1ccccc1S(=O)(=O)N1CCOCC1. The predicted molar refractivity (Wildman–Crippen MR) is 117 cm³/mol. The fraction of sp³-hybridized carbons (Fsp3) is 0.409. The average Bonchev–Trinajstić information content (AvgIpc) is 3.25. The van der Waals surface area contributed by atoms with E-state index in [1.165, 1.54) is 33.6 Å². The highest BCUT2D eigenvalue weighted by Gasteiger charge is 2.28. The second-order valence-electron chi connectivity index (χ2n) is 7.47. The lowest BCUT2D eigenvalue weighted by atomic mass is 10.1. The van der Waals surface area contributed by atoms with Crippen molar-refractivity contribution in [2.45, 2.75) is 35.6 Å². The first-order valence-corrected chi connectivity index (χ1v) is 12.6. The lowest BCUT2D eigenvalue weighted by Gasteiger charge is -2.27. The Hall–Kier alpha value is -1.87. The molecule has 1 fully saturated rings. The number of morpholine rings is 1. The number of nitrogens with one attached hydrogen (secondary N) is 1. The minimum Gasteiger partial charge on any atom is -0.379 e. The first kappa shape index (κ1) is 21.4. The maximum absolute atomic E-state index is 13.0. The zero-order valence-electron chi connectivity index (χ0n) is 16.8. The number of thioether (sulfide) groups is 1. The second kappa shape index (κ2) is 9.51. The maximum Gasteiger partial charge on any atom is 0.243 e. The van der Waals surface area contributed by atoms with E-state index in [0.29, 0.717) is 37.6 Å². The molecule has 2 aliphatic rings. The zero-order chi connectivity index (χ0) is 21.0.